The van der Waals surface area contributed by atoms with Crippen LogP contribution in [0.1, 0.15) is 11.1 Å². The highest BCUT2D eigenvalue weighted by molar-refractivity contribution is 5.48. The van der Waals surface area contributed by atoms with Crippen LogP contribution in [0.2, 0.25) is 0 Å². The number of hydrogen-bond donors (Lipinski definition) is 1. The van der Waals surface area contributed by atoms with E-state index < -0.39 is 11.7 Å². The number of rotatable bonds is 1. The van der Waals surface area contributed by atoms with Crippen molar-refractivity contribution in [2.24, 2.45) is 5.11 Å². The van der Waals surface area contributed by atoms with Crippen LogP contribution in [0.3, 0.4) is 0 Å². The number of phenolic OH excluding ortho intramolecular Hbond substituents is 1. The molecule has 0 aliphatic carbocycles. The van der Waals surface area contributed by atoms with Gasteiger partial charge in [0, 0.05) is 4.91 Å². The summed E-state index contributed by atoms with van der Waals surface area (Å²) in [5, 5.41) is 12.4. The van der Waals surface area contributed by atoms with E-state index in [0.29, 0.717) is 0 Å². The lowest BCUT2D eigenvalue weighted by Gasteiger charge is -2.07. The van der Waals surface area contributed by atoms with Crippen LogP contribution in [0, 0.1) is 11.8 Å². The molecule has 0 atom stereocenters. The topological polar surface area (TPSA) is 69.0 Å². The number of phenols is 1. The molecule has 0 spiro atoms. The highest BCUT2D eigenvalue weighted by atomic mass is 19.4. The van der Waals surface area contributed by atoms with Gasteiger partial charge in [-0.2, -0.15) is 13.2 Å². The highest BCUT2D eigenvalue weighted by Gasteiger charge is 2.30. The number of hydrogen-bond acceptors (Lipinski definition) is 2. The van der Waals surface area contributed by atoms with Gasteiger partial charge < -0.3 is 5.11 Å². The molecule has 88 valence electrons. The molecule has 1 aromatic rings. The second-order valence-electron chi connectivity index (χ2n) is 2.92. The Morgan fingerprint density at radius 3 is 2.71 bits per heavy atom. The number of halogens is 3. The number of benzene rings is 1. The third kappa shape index (κ3) is 3.63. The number of aromatic hydroxyl groups is 1. The van der Waals surface area contributed by atoms with E-state index in [-0.39, 0.29) is 17.9 Å². The van der Waals surface area contributed by atoms with Crippen LogP contribution in [0.15, 0.2) is 23.3 Å². The van der Waals surface area contributed by atoms with Gasteiger partial charge >= 0.3 is 6.18 Å². The Morgan fingerprint density at radius 1 is 1.41 bits per heavy atom. The van der Waals surface area contributed by atoms with E-state index in [4.69, 9.17) is 5.53 Å². The lowest BCUT2D eigenvalue weighted by atomic mass is 10.1. The molecular weight excluding hydrogens is 235 g/mol. The van der Waals surface area contributed by atoms with Gasteiger partial charge in [-0.3, -0.25) is 0 Å². The zero-order chi connectivity index (χ0) is 12.9. The van der Waals surface area contributed by atoms with Gasteiger partial charge in [-0.25, -0.2) is 0 Å². The third-order valence-electron chi connectivity index (χ3n) is 1.76. The van der Waals surface area contributed by atoms with Gasteiger partial charge in [-0.1, -0.05) is 17.0 Å². The molecule has 1 rings (SSSR count). The molecule has 4 nitrogen and oxygen atoms in total. The molecule has 0 radical (unpaired) electrons. The summed E-state index contributed by atoms with van der Waals surface area (Å²) in [4.78, 5) is 2.43. The summed E-state index contributed by atoms with van der Waals surface area (Å²) in [6.07, 6.45) is -4.49. The Labute approximate surface area is 94.3 Å². The minimum atomic E-state index is -4.49. The molecule has 0 aliphatic rings. The van der Waals surface area contributed by atoms with Crippen LogP contribution in [0.25, 0.3) is 10.4 Å². The van der Waals surface area contributed by atoms with Crippen molar-refractivity contribution >= 4 is 0 Å². The van der Waals surface area contributed by atoms with Crippen LogP contribution in [-0.2, 0) is 6.18 Å². The Hall–Kier alpha value is -2.32. The van der Waals surface area contributed by atoms with Gasteiger partial charge in [0.05, 0.1) is 17.7 Å². The number of azide groups is 1. The predicted molar refractivity (Wildman–Crippen MR) is 54.0 cm³/mol. The fraction of sp³-hybridized carbons (Fsp3) is 0.200. The van der Waals surface area contributed by atoms with Gasteiger partial charge in [0.2, 0.25) is 0 Å². The Bertz CT molecular complexity index is 522. The normalized spacial score (nSPS) is 10.1. The maximum absolute atomic E-state index is 12.3. The smallest absolute Gasteiger partial charge is 0.416 e. The van der Waals surface area contributed by atoms with Gasteiger partial charge in [0.15, 0.2) is 0 Å². The molecule has 0 heterocycles. The summed E-state index contributed by atoms with van der Waals surface area (Å²) in [6.45, 7) is -0.174. The Morgan fingerprint density at radius 2 is 2.12 bits per heavy atom. The van der Waals surface area contributed by atoms with Crippen molar-refractivity contribution < 1.29 is 18.3 Å². The first-order valence-electron chi connectivity index (χ1n) is 4.35. The molecule has 17 heavy (non-hydrogen) atoms. The highest BCUT2D eigenvalue weighted by Crippen LogP contribution is 2.31. The van der Waals surface area contributed by atoms with E-state index in [0.717, 1.165) is 18.2 Å². The van der Waals surface area contributed by atoms with E-state index in [1.807, 2.05) is 0 Å². The van der Waals surface area contributed by atoms with Gasteiger partial charge in [0.1, 0.15) is 5.75 Å². The maximum atomic E-state index is 12.3. The standard InChI is InChI=1S/C10H6F3N3O/c11-10(12,13)8-3-4-9(17)7(6-8)2-1-5-15-16-14/h3-4,6,17H,5H2. The van der Waals surface area contributed by atoms with Crippen molar-refractivity contribution in [1.82, 2.24) is 0 Å². The molecule has 0 saturated heterocycles. The van der Waals surface area contributed by atoms with Crippen LogP contribution in [-0.4, -0.2) is 11.7 Å². The van der Waals surface area contributed by atoms with Crippen molar-refractivity contribution in [3.63, 3.8) is 0 Å². The zero-order valence-electron chi connectivity index (χ0n) is 8.36. The average molecular weight is 241 g/mol. The summed E-state index contributed by atoms with van der Waals surface area (Å²) >= 11 is 0. The van der Waals surface area contributed by atoms with E-state index in [1.54, 1.807) is 0 Å². The van der Waals surface area contributed by atoms with Crippen LogP contribution in [0.4, 0.5) is 13.2 Å². The molecule has 0 aromatic heterocycles. The summed E-state index contributed by atoms with van der Waals surface area (Å²) in [7, 11) is 0. The molecule has 1 N–H and O–H groups in total. The van der Waals surface area contributed by atoms with Crippen LogP contribution >= 0.6 is 0 Å². The predicted octanol–water partition coefficient (Wildman–Crippen LogP) is 3.07. The van der Waals surface area contributed by atoms with Crippen molar-refractivity contribution in [3.05, 3.63) is 39.8 Å². The van der Waals surface area contributed by atoms with Crippen LogP contribution < -0.4 is 0 Å². The minimum Gasteiger partial charge on any atom is -0.507 e. The average Bonchev–Trinajstić information content (AvgIpc) is 2.25. The first-order valence-corrected chi connectivity index (χ1v) is 4.35. The molecule has 0 bridgehead atoms. The first kappa shape index (κ1) is 12.7. The second kappa shape index (κ2) is 5.14. The number of nitrogens with zero attached hydrogens (tertiary/aromatic N) is 3. The monoisotopic (exact) mass is 241 g/mol. The molecule has 0 aliphatic heterocycles. The summed E-state index contributed by atoms with van der Waals surface area (Å²) < 4.78 is 37.0. The molecule has 1 aromatic carbocycles. The molecular formula is C10H6F3N3O. The van der Waals surface area contributed by atoms with Gasteiger partial charge in [0.25, 0.3) is 0 Å². The lowest BCUT2D eigenvalue weighted by molar-refractivity contribution is -0.137. The van der Waals surface area contributed by atoms with E-state index >= 15 is 0 Å². The lowest BCUT2D eigenvalue weighted by Crippen LogP contribution is -2.04. The Balaban J connectivity index is 3.05. The molecule has 0 fully saturated rings. The largest absolute Gasteiger partial charge is 0.507 e. The molecule has 0 amide bonds. The summed E-state index contributed by atoms with van der Waals surface area (Å²) in [5.41, 5.74) is 6.90. The molecule has 0 saturated carbocycles. The minimum absolute atomic E-state index is 0.159. The Kier molecular flexibility index (Phi) is 3.86. The van der Waals surface area contributed by atoms with Crippen LogP contribution in [0.5, 0.6) is 5.75 Å². The second-order valence-corrected chi connectivity index (χ2v) is 2.92. The number of alkyl halides is 3. The van der Waals surface area contributed by atoms with Gasteiger partial charge in [-0.15, -0.1) is 0 Å². The van der Waals surface area contributed by atoms with E-state index in [9.17, 15) is 18.3 Å². The van der Waals surface area contributed by atoms with Crippen molar-refractivity contribution in [1.29, 1.82) is 0 Å². The van der Waals surface area contributed by atoms with E-state index in [2.05, 4.69) is 21.9 Å². The van der Waals surface area contributed by atoms with Crippen molar-refractivity contribution in [2.75, 3.05) is 6.54 Å². The third-order valence-corrected chi connectivity index (χ3v) is 1.76. The molecule has 7 heteroatoms. The fourth-order valence-corrected chi connectivity index (χ4v) is 1.01. The summed E-state index contributed by atoms with van der Waals surface area (Å²) in [5.74, 6) is 4.26. The quantitative estimate of drug-likeness (QED) is 0.349. The SMILES string of the molecule is [N-]=[N+]=NCC#Cc1cc(C(F)(F)F)ccc1O. The zero-order valence-corrected chi connectivity index (χ0v) is 8.36. The fourth-order valence-electron chi connectivity index (χ4n) is 1.01. The van der Waals surface area contributed by atoms with E-state index in [1.165, 1.54) is 0 Å². The van der Waals surface area contributed by atoms with Crippen molar-refractivity contribution in [2.45, 2.75) is 6.18 Å². The molecule has 0 unspecified atom stereocenters. The first-order chi connectivity index (χ1) is 7.95. The summed E-state index contributed by atoms with van der Waals surface area (Å²) in [6, 6.07) is 2.41. The van der Waals surface area contributed by atoms with Crippen molar-refractivity contribution in [3.8, 4) is 17.6 Å². The maximum Gasteiger partial charge on any atom is 0.416 e. The van der Waals surface area contributed by atoms with Gasteiger partial charge in [-0.05, 0) is 23.7 Å².